The van der Waals surface area contributed by atoms with Gasteiger partial charge in [-0.25, -0.2) is 0 Å². The smallest absolute Gasteiger partial charge is 0.0816 e. The minimum Gasteiger partial charge on any atom is -0.504 e. The van der Waals surface area contributed by atoms with Crippen LogP contribution in [0.25, 0.3) is 0 Å². The van der Waals surface area contributed by atoms with E-state index in [1.807, 2.05) is 29.8 Å². The molecule has 1 saturated carbocycles. The van der Waals surface area contributed by atoms with Gasteiger partial charge < -0.3 is 4.74 Å². The first-order valence-electron chi connectivity index (χ1n) is 6.55. The minimum atomic E-state index is 0.895. The van der Waals surface area contributed by atoms with Gasteiger partial charge in [-0.05, 0) is 61.5 Å². The van der Waals surface area contributed by atoms with Crippen molar-refractivity contribution in [1.82, 2.24) is 0 Å². The average molecular weight is 270 g/mol. The lowest BCUT2D eigenvalue weighted by molar-refractivity contribution is 0.332. The Morgan fingerprint density at radius 2 is 2.18 bits per heavy atom. The molecule has 96 valence electrons. The lowest BCUT2D eigenvalue weighted by atomic mass is 10.0. The summed E-state index contributed by atoms with van der Waals surface area (Å²) in [5.74, 6) is 3.54. The standard InChI is InChI=1S/C14H22OS2/c1-15-11-13-7-6-12(10-13)4-2-5-14-16-8-3-9-17-14/h5,11-12H,2-4,6-10H2,1H3/b13-11-. The largest absolute Gasteiger partial charge is 0.504 e. The van der Waals surface area contributed by atoms with Crippen molar-refractivity contribution in [2.45, 2.75) is 38.5 Å². The van der Waals surface area contributed by atoms with E-state index in [-0.39, 0.29) is 0 Å². The first kappa shape index (κ1) is 13.4. The molecule has 0 N–H and O–H groups in total. The topological polar surface area (TPSA) is 9.23 Å². The first-order chi connectivity index (χ1) is 8.38. The van der Waals surface area contributed by atoms with Gasteiger partial charge in [-0.3, -0.25) is 0 Å². The fourth-order valence-electron chi connectivity index (χ4n) is 2.49. The highest BCUT2D eigenvalue weighted by molar-refractivity contribution is 8.22. The van der Waals surface area contributed by atoms with Gasteiger partial charge in [0.2, 0.25) is 0 Å². The molecule has 1 atom stereocenters. The van der Waals surface area contributed by atoms with Crippen molar-refractivity contribution in [3.8, 4) is 0 Å². The molecule has 0 aromatic heterocycles. The summed E-state index contributed by atoms with van der Waals surface area (Å²) in [6.45, 7) is 0. The molecule has 0 aromatic carbocycles. The second-order valence-electron chi connectivity index (χ2n) is 4.77. The molecule has 0 radical (unpaired) electrons. The van der Waals surface area contributed by atoms with Gasteiger partial charge in [-0.15, -0.1) is 23.5 Å². The lowest BCUT2D eigenvalue weighted by Crippen LogP contribution is -1.94. The van der Waals surface area contributed by atoms with Gasteiger partial charge in [0.1, 0.15) is 0 Å². The summed E-state index contributed by atoms with van der Waals surface area (Å²) in [6, 6.07) is 0. The molecule has 17 heavy (non-hydrogen) atoms. The third kappa shape index (κ3) is 4.63. The molecule has 1 aliphatic carbocycles. The number of ether oxygens (including phenoxy) is 1. The third-order valence-electron chi connectivity index (χ3n) is 3.37. The van der Waals surface area contributed by atoms with Gasteiger partial charge in [0.25, 0.3) is 0 Å². The SMILES string of the molecule is CO/C=C1/CCC(CCC=C2SCCCS2)C1. The highest BCUT2D eigenvalue weighted by atomic mass is 32.2. The molecule has 2 fully saturated rings. The van der Waals surface area contributed by atoms with Crippen LogP contribution >= 0.6 is 23.5 Å². The molecule has 0 amide bonds. The summed E-state index contributed by atoms with van der Waals surface area (Å²) >= 11 is 4.09. The summed E-state index contributed by atoms with van der Waals surface area (Å²) in [6.07, 6.45) is 12.3. The van der Waals surface area contributed by atoms with Crippen LogP contribution in [0.15, 0.2) is 22.1 Å². The van der Waals surface area contributed by atoms with Gasteiger partial charge in [0.15, 0.2) is 0 Å². The number of methoxy groups -OCH3 is 1. The highest BCUT2D eigenvalue weighted by Crippen LogP contribution is 2.37. The number of rotatable bonds is 4. The molecule has 1 unspecified atom stereocenters. The Kier molecular flexibility index (Phi) is 5.86. The van der Waals surface area contributed by atoms with Crippen LogP contribution < -0.4 is 0 Å². The second kappa shape index (κ2) is 7.42. The quantitative estimate of drug-likeness (QED) is 0.679. The van der Waals surface area contributed by atoms with E-state index < -0.39 is 0 Å². The molecule has 1 saturated heterocycles. The summed E-state index contributed by atoms with van der Waals surface area (Å²) in [7, 11) is 1.75. The second-order valence-corrected chi connectivity index (χ2v) is 7.30. The van der Waals surface area contributed by atoms with Gasteiger partial charge in [-0.2, -0.15) is 0 Å². The summed E-state index contributed by atoms with van der Waals surface area (Å²) in [5.41, 5.74) is 1.51. The van der Waals surface area contributed by atoms with E-state index in [1.165, 1.54) is 55.6 Å². The molecule has 1 nitrogen and oxygen atoms in total. The van der Waals surface area contributed by atoms with Gasteiger partial charge in [0.05, 0.1) is 13.4 Å². The van der Waals surface area contributed by atoms with Crippen molar-refractivity contribution in [2.75, 3.05) is 18.6 Å². The molecular formula is C14H22OS2. The summed E-state index contributed by atoms with van der Waals surface area (Å²) in [5, 5.41) is 0. The first-order valence-corrected chi connectivity index (χ1v) is 8.52. The molecule has 2 rings (SSSR count). The van der Waals surface area contributed by atoms with E-state index in [1.54, 1.807) is 11.3 Å². The van der Waals surface area contributed by atoms with E-state index >= 15 is 0 Å². The highest BCUT2D eigenvalue weighted by Gasteiger charge is 2.18. The maximum absolute atomic E-state index is 5.09. The van der Waals surface area contributed by atoms with Crippen LogP contribution in [-0.4, -0.2) is 18.6 Å². The lowest BCUT2D eigenvalue weighted by Gasteiger charge is -2.13. The Labute approximate surface area is 113 Å². The van der Waals surface area contributed by atoms with Gasteiger partial charge in [-0.1, -0.05) is 6.08 Å². The van der Waals surface area contributed by atoms with Crippen LogP contribution in [-0.2, 0) is 4.74 Å². The van der Waals surface area contributed by atoms with E-state index in [2.05, 4.69) is 6.08 Å². The van der Waals surface area contributed by atoms with E-state index in [0.29, 0.717) is 0 Å². The zero-order valence-corrected chi connectivity index (χ0v) is 12.2. The van der Waals surface area contributed by atoms with E-state index in [0.717, 1.165) is 5.92 Å². The van der Waals surface area contributed by atoms with Crippen LogP contribution in [0.2, 0.25) is 0 Å². The number of thioether (sulfide) groups is 2. The molecule has 0 spiro atoms. The predicted molar refractivity (Wildman–Crippen MR) is 79.3 cm³/mol. The minimum absolute atomic E-state index is 0.895. The Morgan fingerprint density at radius 1 is 1.35 bits per heavy atom. The monoisotopic (exact) mass is 270 g/mol. The number of allylic oxidation sites excluding steroid dienone is 2. The van der Waals surface area contributed by atoms with Crippen LogP contribution in [0.4, 0.5) is 0 Å². The van der Waals surface area contributed by atoms with E-state index in [4.69, 9.17) is 4.74 Å². The van der Waals surface area contributed by atoms with Gasteiger partial charge >= 0.3 is 0 Å². The Morgan fingerprint density at radius 3 is 2.94 bits per heavy atom. The van der Waals surface area contributed by atoms with Crippen molar-refractivity contribution in [1.29, 1.82) is 0 Å². The van der Waals surface area contributed by atoms with Crippen molar-refractivity contribution in [3.05, 3.63) is 22.1 Å². The molecule has 0 aromatic rings. The van der Waals surface area contributed by atoms with Crippen LogP contribution in [0.5, 0.6) is 0 Å². The van der Waals surface area contributed by atoms with E-state index in [9.17, 15) is 0 Å². The Balaban J connectivity index is 1.67. The Hall–Kier alpha value is -0.0200. The molecule has 2 aliphatic rings. The third-order valence-corrected chi connectivity index (χ3v) is 5.97. The molecule has 3 heteroatoms. The maximum Gasteiger partial charge on any atom is 0.0816 e. The molecule has 1 aliphatic heterocycles. The van der Waals surface area contributed by atoms with Gasteiger partial charge in [0, 0.05) is 4.24 Å². The average Bonchev–Trinajstić information content (AvgIpc) is 2.79. The molecule has 0 bridgehead atoms. The summed E-state index contributed by atoms with van der Waals surface area (Å²) < 4.78 is 6.66. The van der Waals surface area contributed by atoms with Crippen molar-refractivity contribution in [3.63, 3.8) is 0 Å². The fraction of sp³-hybridized carbons (Fsp3) is 0.714. The predicted octanol–water partition coefficient (Wildman–Crippen LogP) is 4.81. The van der Waals surface area contributed by atoms with Crippen molar-refractivity contribution >= 4 is 23.5 Å². The fourth-order valence-corrected chi connectivity index (χ4v) is 4.95. The zero-order valence-electron chi connectivity index (χ0n) is 10.6. The van der Waals surface area contributed by atoms with Crippen molar-refractivity contribution < 1.29 is 4.74 Å². The maximum atomic E-state index is 5.09. The van der Waals surface area contributed by atoms with Crippen LogP contribution in [0, 0.1) is 5.92 Å². The van der Waals surface area contributed by atoms with Crippen LogP contribution in [0.1, 0.15) is 38.5 Å². The number of hydrogen-bond donors (Lipinski definition) is 0. The molecule has 1 heterocycles. The molecular weight excluding hydrogens is 248 g/mol. The van der Waals surface area contributed by atoms with Crippen molar-refractivity contribution in [2.24, 2.45) is 5.92 Å². The zero-order chi connectivity index (χ0) is 11.9. The summed E-state index contributed by atoms with van der Waals surface area (Å²) in [4.78, 5) is 0. The Bertz CT molecular complexity index is 289. The normalized spacial score (nSPS) is 27.5. The number of hydrogen-bond acceptors (Lipinski definition) is 3. The van der Waals surface area contributed by atoms with Crippen LogP contribution in [0.3, 0.4) is 0 Å².